The summed E-state index contributed by atoms with van der Waals surface area (Å²) in [7, 11) is 0. The summed E-state index contributed by atoms with van der Waals surface area (Å²) in [5.74, 6) is 0.119. The highest BCUT2D eigenvalue weighted by atomic mass is 79.9. The molecule has 0 aromatic carbocycles. The van der Waals surface area contributed by atoms with E-state index in [1.54, 1.807) is 0 Å². The number of likely N-dealkylation sites (tertiary alicyclic amines) is 1. The number of amides is 1. The van der Waals surface area contributed by atoms with Crippen molar-refractivity contribution >= 4 is 33.2 Å². The first-order valence-electron chi connectivity index (χ1n) is 5.91. The van der Waals surface area contributed by atoms with Crippen LogP contribution in [0.5, 0.6) is 0 Å². The Morgan fingerprint density at radius 3 is 3.00 bits per heavy atom. The minimum Gasteiger partial charge on any atom is -0.333 e. The maximum absolute atomic E-state index is 12.4. The molecule has 1 aliphatic heterocycles. The number of nitrogens with zero attached hydrogens (tertiary/aromatic N) is 1. The van der Waals surface area contributed by atoms with Crippen LogP contribution in [0.2, 0.25) is 0 Å². The average molecular weight is 317 g/mol. The molecule has 1 saturated heterocycles. The lowest BCUT2D eigenvalue weighted by Gasteiger charge is -2.37. The first-order chi connectivity index (χ1) is 8.11. The van der Waals surface area contributed by atoms with Crippen LogP contribution in [0.4, 0.5) is 0 Å². The molecule has 2 N–H and O–H groups in total. The standard InChI is InChI=1S/C12H17BrN2OS/c1-8(14)10-4-2-3-6-15(10)12(16)11-9(13)5-7-17-11/h5,7-8,10H,2-4,6,14H2,1H3/t8-,10-/m0/s1. The van der Waals surface area contributed by atoms with Gasteiger partial charge in [-0.05, 0) is 53.6 Å². The van der Waals surface area contributed by atoms with E-state index in [1.807, 2.05) is 23.3 Å². The zero-order valence-electron chi connectivity index (χ0n) is 9.86. The number of nitrogens with two attached hydrogens (primary N) is 1. The first-order valence-corrected chi connectivity index (χ1v) is 7.58. The molecular formula is C12H17BrN2OS. The predicted molar refractivity (Wildman–Crippen MR) is 74.3 cm³/mol. The van der Waals surface area contributed by atoms with Crippen molar-refractivity contribution in [1.82, 2.24) is 4.90 Å². The molecule has 2 rings (SSSR count). The Labute approximate surface area is 114 Å². The molecule has 3 nitrogen and oxygen atoms in total. The summed E-state index contributed by atoms with van der Waals surface area (Å²) in [5, 5.41) is 1.93. The van der Waals surface area contributed by atoms with Gasteiger partial charge in [-0.25, -0.2) is 0 Å². The van der Waals surface area contributed by atoms with Crippen LogP contribution in [0.15, 0.2) is 15.9 Å². The summed E-state index contributed by atoms with van der Waals surface area (Å²) in [5.41, 5.74) is 5.98. The Hall–Kier alpha value is -0.390. The lowest BCUT2D eigenvalue weighted by atomic mass is 9.97. The molecule has 0 radical (unpaired) electrons. The number of carbonyl (C=O) groups is 1. The van der Waals surface area contributed by atoms with Crippen LogP contribution in [0.1, 0.15) is 35.9 Å². The van der Waals surface area contributed by atoms with Gasteiger partial charge < -0.3 is 10.6 Å². The Morgan fingerprint density at radius 2 is 2.41 bits per heavy atom. The number of thiophene rings is 1. The van der Waals surface area contributed by atoms with Crippen LogP contribution in [-0.4, -0.2) is 29.4 Å². The lowest BCUT2D eigenvalue weighted by molar-refractivity contribution is 0.0588. The van der Waals surface area contributed by atoms with Crippen molar-refractivity contribution in [3.63, 3.8) is 0 Å². The second kappa shape index (κ2) is 5.50. The SMILES string of the molecule is C[C@H](N)[C@@H]1CCCCN1C(=O)c1sccc1Br. The van der Waals surface area contributed by atoms with E-state index >= 15 is 0 Å². The third-order valence-electron chi connectivity index (χ3n) is 3.23. The second-order valence-corrected chi connectivity index (χ2v) is 6.29. The summed E-state index contributed by atoms with van der Waals surface area (Å²) in [4.78, 5) is 15.2. The monoisotopic (exact) mass is 316 g/mol. The number of rotatable bonds is 2. The number of hydrogen-bond donors (Lipinski definition) is 1. The number of halogens is 1. The topological polar surface area (TPSA) is 46.3 Å². The minimum atomic E-state index is 0.0398. The van der Waals surface area contributed by atoms with Crippen LogP contribution >= 0.6 is 27.3 Å². The molecule has 1 aromatic rings. The van der Waals surface area contributed by atoms with Crippen LogP contribution < -0.4 is 5.73 Å². The zero-order valence-corrected chi connectivity index (χ0v) is 12.3. The normalized spacial score (nSPS) is 22.5. The van der Waals surface area contributed by atoms with Crippen LogP contribution in [0.3, 0.4) is 0 Å². The molecule has 2 heterocycles. The fourth-order valence-electron chi connectivity index (χ4n) is 2.33. The molecule has 0 saturated carbocycles. The molecule has 0 aliphatic carbocycles. The quantitative estimate of drug-likeness (QED) is 0.912. The van der Waals surface area contributed by atoms with Gasteiger partial charge in [0.2, 0.25) is 0 Å². The van der Waals surface area contributed by atoms with Gasteiger partial charge in [-0.15, -0.1) is 11.3 Å². The fraction of sp³-hybridized carbons (Fsp3) is 0.583. The largest absolute Gasteiger partial charge is 0.333 e. The summed E-state index contributed by atoms with van der Waals surface area (Å²) in [6, 6.07) is 2.14. The summed E-state index contributed by atoms with van der Waals surface area (Å²) >= 11 is 4.91. The van der Waals surface area contributed by atoms with Gasteiger partial charge in [-0.1, -0.05) is 0 Å². The van der Waals surface area contributed by atoms with Crippen molar-refractivity contribution in [1.29, 1.82) is 0 Å². The van der Waals surface area contributed by atoms with Gasteiger partial charge in [0.05, 0.1) is 0 Å². The van der Waals surface area contributed by atoms with E-state index in [0.29, 0.717) is 0 Å². The minimum absolute atomic E-state index is 0.0398. The van der Waals surface area contributed by atoms with Crippen molar-refractivity contribution in [3.8, 4) is 0 Å². The van der Waals surface area contributed by atoms with E-state index in [1.165, 1.54) is 17.8 Å². The molecule has 1 aliphatic rings. The van der Waals surface area contributed by atoms with Crippen molar-refractivity contribution < 1.29 is 4.79 Å². The molecule has 94 valence electrons. The molecule has 0 unspecified atom stereocenters. The van der Waals surface area contributed by atoms with Gasteiger partial charge in [0.15, 0.2) is 0 Å². The van der Waals surface area contributed by atoms with Gasteiger partial charge in [-0.2, -0.15) is 0 Å². The van der Waals surface area contributed by atoms with Gasteiger partial charge in [0.1, 0.15) is 4.88 Å². The zero-order chi connectivity index (χ0) is 12.4. The van der Waals surface area contributed by atoms with E-state index in [-0.39, 0.29) is 18.0 Å². The van der Waals surface area contributed by atoms with E-state index < -0.39 is 0 Å². The number of carbonyl (C=O) groups excluding carboxylic acids is 1. The Balaban J connectivity index is 2.20. The molecule has 2 atom stereocenters. The highest BCUT2D eigenvalue weighted by molar-refractivity contribution is 9.10. The van der Waals surface area contributed by atoms with Gasteiger partial charge >= 0.3 is 0 Å². The fourth-order valence-corrected chi connectivity index (χ4v) is 3.83. The molecule has 17 heavy (non-hydrogen) atoms. The Bertz CT molecular complexity index is 405. The number of piperidine rings is 1. The second-order valence-electron chi connectivity index (χ2n) is 4.52. The maximum Gasteiger partial charge on any atom is 0.265 e. The molecule has 1 fully saturated rings. The Morgan fingerprint density at radius 1 is 1.65 bits per heavy atom. The molecule has 1 amide bonds. The molecule has 0 spiro atoms. The van der Waals surface area contributed by atoms with Crippen LogP contribution in [-0.2, 0) is 0 Å². The highest BCUT2D eigenvalue weighted by Crippen LogP contribution is 2.28. The molecular weight excluding hydrogens is 300 g/mol. The van der Waals surface area contributed by atoms with Crippen molar-refractivity contribution in [2.75, 3.05) is 6.54 Å². The lowest BCUT2D eigenvalue weighted by Crippen LogP contribution is -2.51. The first kappa shape index (κ1) is 13.1. The molecule has 5 heteroatoms. The van der Waals surface area contributed by atoms with E-state index in [9.17, 15) is 4.79 Å². The van der Waals surface area contributed by atoms with Crippen molar-refractivity contribution in [2.45, 2.75) is 38.3 Å². The highest BCUT2D eigenvalue weighted by Gasteiger charge is 2.31. The van der Waals surface area contributed by atoms with E-state index in [0.717, 1.165) is 28.7 Å². The third kappa shape index (κ3) is 2.72. The van der Waals surface area contributed by atoms with Gasteiger partial charge in [0.25, 0.3) is 5.91 Å². The smallest absolute Gasteiger partial charge is 0.265 e. The summed E-state index contributed by atoms with van der Waals surface area (Å²) in [6.07, 6.45) is 3.27. The van der Waals surface area contributed by atoms with Crippen molar-refractivity contribution in [3.05, 3.63) is 20.8 Å². The van der Waals surface area contributed by atoms with E-state index in [2.05, 4.69) is 15.9 Å². The number of hydrogen-bond acceptors (Lipinski definition) is 3. The predicted octanol–water partition coefficient (Wildman–Crippen LogP) is 2.85. The van der Waals surface area contributed by atoms with Gasteiger partial charge in [-0.3, -0.25) is 4.79 Å². The molecule has 1 aromatic heterocycles. The van der Waals surface area contributed by atoms with Gasteiger partial charge in [0, 0.05) is 23.1 Å². The molecule has 0 bridgehead atoms. The van der Waals surface area contributed by atoms with Crippen molar-refractivity contribution in [2.24, 2.45) is 5.73 Å². The third-order valence-corrected chi connectivity index (χ3v) is 5.05. The van der Waals surface area contributed by atoms with Crippen LogP contribution in [0.25, 0.3) is 0 Å². The maximum atomic E-state index is 12.4. The van der Waals surface area contributed by atoms with E-state index in [4.69, 9.17) is 5.73 Å². The Kier molecular flexibility index (Phi) is 4.22. The average Bonchev–Trinajstić information content (AvgIpc) is 2.74. The van der Waals surface area contributed by atoms with Crippen LogP contribution in [0, 0.1) is 0 Å². The summed E-state index contributed by atoms with van der Waals surface area (Å²) in [6.45, 7) is 2.81. The summed E-state index contributed by atoms with van der Waals surface area (Å²) < 4.78 is 0.890.